The van der Waals surface area contributed by atoms with E-state index in [9.17, 15) is 4.79 Å². The van der Waals surface area contributed by atoms with E-state index in [1.54, 1.807) is 6.20 Å². The Hall–Kier alpha value is -2.08. The molecule has 23 heavy (non-hydrogen) atoms. The highest BCUT2D eigenvalue weighted by Crippen LogP contribution is 2.44. The molecule has 4 N–H and O–H groups in total. The lowest BCUT2D eigenvalue weighted by atomic mass is 9.96. The first kappa shape index (κ1) is 14.5. The Bertz CT molecular complexity index is 756. The van der Waals surface area contributed by atoms with Crippen LogP contribution in [0, 0.1) is 11.8 Å². The second-order valence-corrected chi connectivity index (χ2v) is 6.99. The molecule has 1 aromatic carbocycles. The summed E-state index contributed by atoms with van der Waals surface area (Å²) in [4.78, 5) is 15.4. The van der Waals surface area contributed by atoms with Crippen molar-refractivity contribution >= 4 is 34.1 Å². The van der Waals surface area contributed by atoms with Crippen LogP contribution in [0.5, 0.6) is 0 Å². The third-order valence-corrected chi connectivity index (χ3v) is 5.40. The second-order valence-electron chi connectivity index (χ2n) is 6.58. The van der Waals surface area contributed by atoms with E-state index in [1.165, 1.54) is 25.7 Å². The quantitative estimate of drug-likeness (QED) is 0.505. The number of aromatic amines is 1. The summed E-state index contributed by atoms with van der Waals surface area (Å²) in [6.07, 6.45) is 6.89. The van der Waals surface area contributed by atoms with Gasteiger partial charge in [-0.2, -0.15) is 0 Å². The Morgan fingerprint density at radius 2 is 2.04 bits per heavy atom. The van der Waals surface area contributed by atoms with Crippen LogP contribution in [0.15, 0.2) is 30.5 Å². The van der Waals surface area contributed by atoms with Crippen LogP contribution in [0.2, 0.25) is 0 Å². The van der Waals surface area contributed by atoms with E-state index in [0.29, 0.717) is 16.7 Å². The third-order valence-electron chi connectivity index (χ3n) is 5.18. The molecule has 0 unspecified atom stereocenters. The van der Waals surface area contributed by atoms with Gasteiger partial charge in [-0.3, -0.25) is 15.6 Å². The summed E-state index contributed by atoms with van der Waals surface area (Å²) in [6, 6.07) is 8.18. The first-order valence-corrected chi connectivity index (χ1v) is 8.54. The topological polar surface area (TPSA) is 69.0 Å². The van der Waals surface area contributed by atoms with Crippen molar-refractivity contribution in [3.8, 4) is 0 Å². The van der Waals surface area contributed by atoms with Crippen LogP contribution in [0.3, 0.4) is 0 Å². The van der Waals surface area contributed by atoms with Crippen molar-refractivity contribution in [2.24, 2.45) is 11.8 Å². The number of amides is 1. The van der Waals surface area contributed by atoms with Gasteiger partial charge < -0.3 is 10.3 Å². The molecule has 0 aliphatic heterocycles. The minimum Gasteiger partial charge on any atom is -0.360 e. The number of rotatable bonds is 2. The number of fused-ring (bicyclic) bond motifs is 3. The van der Waals surface area contributed by atoms with Crippen molar-refractivity contribution in [1.82, 2.24) is 21.2 Å². The first-order chi connectivity index (χ1) is 11.2. The number of hydrazine groups is 1. The highest BCUT2D eigenvalue weighted by Gasteiger charge is 2.39. The number of carbonyl (C=O) groups excluding carboxylic acids is 1. The van der Waals surface area contributed by atoms with Gasteiger partial charge in [0.25, 0.3) is 5.91 Å². The van der Waals surface area contributed by atoms with Gasteiger partial charge >= 0.3 is 0 Å². The summed E-state index contributed by atoms with van der Waals surface area (Å²) in [5, 5.41) is 4.74. The molecule has 2 aliphatic rings. The Kier molecular flexibility index (Phi) is 3.69. The molecule has 0 saturated heterocycles. The third kappa shape index (κ3) is 2.79. The summed E-state index contributed by atoms with van der Waals surface area (Å²) in [5.74, 6) is 1.41. The lowest BCUT2D eigenvalue weighted by Crippen LogP contribution is -2.50. The summed E-state index contributed by atoms with van der Waals surface area (Å²) >= 11 is 5.31. The highest BCUT2D eigenvalue weighted by molar-refractivity contribution is 7.80. The molecule has 0 spiro atoms. The number of aromatic nitrogens is 1. The summed E-state index contributed by atoms with van der Waals surface area (Å²) in [5.41, 5.74) is 7.06. The van der Waals surface area contributed by atoms with E-state index < -0.39 is 0 Å². The maximum atomic E-state index is 12.3. The van der Waals surface area contributed by atoms with Gasteiger partial charge in [-0.15, -0.1) is 0 Å². The molecule has 3 atom stereocenters. The molecule has 1 aromatic heterocycles. The fraction of sp³-hybridized carbons (Fsp3) is 0.412. The Morgan fingerprint density at radius 3 is 2.83 bits per heavy atom. The van der Waals surface area contributed by atoms with Gasteiger partial charge in [0, 0.05) is 23.1 Å². The van der Waals surface area contributed by atoms with Gasteiger partial charge in [0.2, 0.25) is 0 Å². The predicted octanol–water partition coefficient (Wildman–Crippen LogP) is 2.47. The van der Waals surface area contributed by atoms with Crippen LogP contribution >= 0.6 is 12.2 Å². The van der Waals surface area contributed by atoms with Gasteiger partial charge in [0.15, 0.2) is 5.11 Å². The molecule has 2 bridgehead atoms. The largest absolute Gasteiger partial charge is 0.360 e. The summed E-state index contributed by atoms with van der Waals surface area (Å²) in [7, 11) is 0. The molecule has 5 nitrogen and oxygen atoms in total. The fourth-order valence-electron chi connectivity index (χ4n) is 4.07. The number of nitrogens with one attached hydrogen (secondary N) is 4. The van der Waals surface area contributed by atoms with Gasteiger partial charge in [-0.1, -0.05) is 24.6 Å². The number of thiocarbonyl (C=S) groups is 1. The maximum Gasteiger partial charge on any atom is 0.271 e. The lowest BCUT2D eigenvalue weighted by molar-refractivity contribution is 0.0945. The second kappa shape index (κ2) is 5.85. The first-order valence-electron chi connectivity index (χ1n) is 8.13. The molecule has 120 valence electrons. The number of carbonyl (C=O) groups is 1. The lowest BCUT2D eigenvalue weighted by Gasteiger charge is -2.24. The van der Waals surface area contributed by atoms with Crippen LogP contribution in [-0.2, 0) is 0 Å². The van der Waals surface area contributed by atoms with Crippen LogP contribution in [0.25, 0.3) is 10.9 Å². The zero-order valence-corrected chi connectivity index (χ0v) is 13.6. The Labute approximate surface area is 140 Å². The van der Waals surface area contributed by atoms with E-state index in [-0.39, 0.29) is 5.91 Å². The molecule has 2 saturated carbocycles. The fourth-order valence-corrected chi connectivity index (χ4v) is 4.27. The number of hydrogen-bond acceptors (Lipinski definition) is 2. The molecule has 0 radical (unpaired) electrons. The van der Waals surface area contributed by atoms with Gasteiger partial charge in [0.1, 0.15) is 0 Å². The molecular weight excluding hydrogens is 308 g/mol. The molecule has 6 heteroatoms. The minimum absolute atomic E-state index is 0.195. The van der Waals surface area contributed by atoms with Crippen LogP contribution in [0.4, 0.5) is 0 Å². The summed E-state index contributed by atoms with van der Waals surface area (Å²) < 4.78 is 0. The molecule has 1 heterocycles. The van der Waals surface area contributed by atoms with Crippen molar-refractivity contribution in [2.45, 2.75) is 31.7 Å². The van der Waals surface area contributed by atoms with E-state index in [4.69, 9.17) is 12.2 Å². The van der Waals surface area contributed by atoms with Gasteiger partial charge in [-0.25, -0.2) is 0 Å². The van der Waals surface area contributed by atoms with Gasteiger partial charge in [-0.05, 0) is 49.4 Å². The monoisotopic (exact) mass is 328 g/mol. The number of para-hydroxylation sites is 1. The molecular formula is C17H20N4OS. The molecule has 2 aliphatic carbocycles. The van der Waals surface area contributed by atoms with Crippen molar-refractivity contribution in [3.63, 3.8) is 0 Å². The maximum absolute atomic E-state index is 12.3. The van der Waals surface area contributed by atoms with Crippen LogP contribution < -0.4 is 16.2 Å². The van der Waals surface area contributed by atoms with Crippen LogP contribution in [0.1, 0.15) is 36.0 Å². The summed E-state index contributed by atoms with van der Waals surface area (Å²) in [6.45, 7) is 0. The Balaban J connectivity index is 1.33. The van der Waals surface area contributed by atoms with E-state index in [0.717, 1.165) is 22.7 Å². The average molecular weight is 328 g/mol. The molecule has 2 aromatic rings. The molecule has 4 rings (SSSR count). The van der Waals surface area contributed by atoms with Crippen LogP contribution in [-0.4, -0.2) is 22.0 Å². The van der Waals surface area contributed by atoms with E-state index in [1.807, 2.05) is 24.3 Å². The van der Waals surface area contributed by atoms with Crippen molar-refractivity contribution in [1.29, 1.82) is 0 Å². The highest BCUT2D eigenvalue weighted by atomic mass is 32.1. The molecule has 2 fully saturated rings. The van der Waals surface area contributed by atoms with Crippen molar-refractivity contribution in [2.75, 3.05) is 0 Å². The normalized spacial score (nSPS) is 25.5. The zero-order chi connectivity index (χ0) is 15.8. The van der Waals surface area contributed by atoms with Crippen molar-refractivity contribution < 1.29 is 4.79 Å². The zero-order valence-electron chi connectivity index (χ0n) is 12.8. The predicted molar refractivity (Wildman–Crippen MR) is 93.9 cm³/mol. The van der Waals surface area contributed by atoms with E-state index >= 15 is 0 Å². The van der Waals surface area contributed by atoms with E-state index in [2.05, 4.69) is 21.2 Å². The minimum atomic E-state index is -0.195. The SMILES string of the molecule is O=C(NNC(=S)N[C@@H]1C[C@H]2CC[C@H]1C2)c1c[nH]c2ccccc12. The molecule has 1 amide bonds. The number of benzene rings is 1. The number of hydrogen-bond donors (Lipinski definition) is 4. The Morgan fingerprint density at radius 1 is 1.17 bits per heavy atom. The van der Waals surface area contributed by atoms with Gasteiger partial charge in [0.05, 0.1) is 5.56 Å². The van der Waals surface area contributed by atoms with Crippen molar-refractivity contribution in [3.05, 3.63) is 36.0 Å². The number of H-pyrrole nitrogens is 1. The average Bonchev–Trinajstić information content (AvgIpc) is 3.27. The smallest absolute Gasteiger partial charge is 0.271 e. The standard InChI is InChI=1S/C17H20N4OS/c22-16(13-9-18-14-4-2-1-3-12(13)14)20-21-17(23)19-15-8-10-5-6-11(15)7-10/h1-4,9-11,15,18H,5-8H2,(H,20,22)(H2,19,21,23)/t10-,11-,15+/m0/s1.